The summed E-state index contributed by atoms with van der Waals surface area (Å²) in [6.45, 7) is -1.88. The number of carboxylic acids is 1. The number of hydrogen-bond acceptors (Lipinski definition) is 5. The van der Waals surface area contributed by atoms with Crippen LogP contribution in [-0.4, -0.2) is 51.0 Å². The second kappa shape index (κ2) is 6.61. The lowest BCUT2D eigenvalue weighted by Gasteiger charge is -2.08. The quantitative estimate of drug-likeness (QED) is 0.556. The summed E-state index contributed by atoms with van der Waals surface area (Å²) >= 11 is 0.783. The van der Waals surface area contributed by atoms with Gasteiger partial charge in [-0.05, 0) is 0 Å². The third kappa shape index (κ3) is 5.79. The highest BCUT2D eigenvalue weighted by atomic mass is 32.2. The summed E-state index contributed by atoms with van der Waals surface area (Å²) in [7, 11) is 0. The molecule has 0 aromatic carbocycles. The smallest absolute Gasteiger partial charge is 0.411 e. The van der Waals surface area contributed by atoms with Gasteiger partial charge < -0.3 is 9.84 Å². The van der Waals surface area contributed by atoms with Crippen LogP contribution in [-0.2, 0) is 16.1 Å². The fraction of sp³-hybridized carbons (Fsp3) is 0.625. The lowest BCUT2D eigenvalue weighted by Crippen LogP contribution is -2.23. The van der Waals surface area contributed by atoms with Gasteiger partial charge >= 0.3 is 17.8 Å². The van der Waals surface area contributed by atoms with Gasteiger partial charge in [-0.1, -0.05) is 11.8 Å². The summed E-state index contributed by atoms with van der Waals surface area (Å²) < 4.78 is 40.8. The van der Waals surface area contributed by atoms with Crippen LogP contribution in [0.2, 0.25) is 0 Å². The van der Waals surface area contributed by atoms with Crippen LogP contribution in [0.5, 0.6) is 0 Å². The van der Waals surface area contributed by atoms with E-state index in [2.05, 4.69) is 14.9 Å². The Labute approximate surface area is 108 Å². The molecule has 0 unspecified atom stereocenters. The Morgan fingerprint density at radius 3 is 2.79 bits per heavy atom. The predicted octanol–water partition coefficient (Wildman–Crippen LogP) is 0.327. The molecule has 0 atom stereocenters. The van der Waals surface area contributed by atoms with E-state index in [1.807, 2.05) is 0 Å². The molecule has 0 bridgehead atoms. The number of alkyl halides is 3. The van der Waals surface area contributed by atoms with Crippen LogP contribution in [0.4, 0.5) is 13.2 Å². The maximum atomic E-state index is 11.8. The number of rotatable bonds is 7. The maximum Gasteiger partial charge on any atom is 0.411 e. The third-order valence-corrected chi connectivity index (χ3v) is 2.73. The number of aromatic amines is 1. The van der Waals surface area contributed by atoms with Crippen molar-refractivity contribution < 1.29 is 27.8 Å². The number of thioether (sulfide) groups is 1. The number of nitrogens with zero attached hydrogens (tertiary/aromatic N) is 2. The van der Waals surface area contributed by atoms with Crippen LogP contribution >= 0.6 is 11.8 Å². The number of carbonyl (C=O) groups is 1. The van der Waals surface area contributed by atoms with Gasteiger partial charge in [0.2, 0.25) is 0 Å². The van der Waals surface area contributed by atoms with Gasteiger partial charge in [0.05, 0.1) is 18.9 Å². The average molecular weight is 301 g/mol. The number of hydrogen-bond donors (Lipinski definition) is 2. The van der Waals surface area contributed by atoms with Crippen molar-refractivity contribution in [1.29, 1.82) is 0 Å². The highest BCUT2D eigenvalue weighted by molar-refractivity contribution is 7.99. The van der Waals surface area contributed by atoms with E-state index in [4.69, 9.17) is 5.11 Å². The Morgan fingerprint density at radius 1 is 1.53 bits per heavy atom. The van der Waals surface area contributed by atoms with Crippen LogP contribution in [0.15, 0.2) is 9.95 Å². The Balaban J connectivity index is 2.50. The van der Waals surface area contributed by atoms with Crippen molar-refractivity contribution >= 4 is 17.7 Å². The zero-order chi connectivity index (χ0) is 14.5. The third-order valence-electron chi connectivity index (χ3n) is 1.77. The molecule has 0 saturated carbocycles. The molecule has 1 aromatic heterocycles. The number of halogens is 3. The van der Waals surface area contributed by atoms with E-state index in [0.29, 0.717) is 0 Å². The minimum Gasteiger partial charge on any atom is -0.481 e. The molecule has 108 valence electrons. The summed E-state index contributed by atoms with van der Waals surface area (Å²) in [5.41, 5.74) is -0.636. The van der Waals surface area contributed by atoms with Crippen molar-refractivity contribution in [3.63, 3.8) is 0 Å². The molecule has 0 aliphatic rings. The van der Waals surface area contributed by atoms with Crippen molar-refractivity contribution in [3.8, 4) is 0 Å². The Morgan fingerprint density at radius 2 is 2.21 bits per heavy atom. The van der Waals surface area contributed by atoms with Gasteiger partial charge in [0.15, 0.2) is 5.16 Å². The number of nitrogens with one attached hydrogen (secondary N) is 1. The molecule has 0 fully saturated rings. The summed E-state index contributed by atoms with van der Waals surface area (Å²) in [5, 5.41) is 14.2. The number of ether oxygens (including phenoxy) is 1. The van der Waals surface area contributed by atoms with Crippen LogP contribution in [0, 0.1) is 0 Å². The van der Waals surface area contributed by atoms with Gasteiger partial charge in [-0.3, -0.25) is 9.36 Å². The van der Waals surface area contributed by atoms with Crippen molar-refractivity contribution in [1.82, 2.24) is 14.8 Å². The summed E-state index contributed by atoms with van der Waals surface area (Å²) in [6, 6.07) is 0. The van der Waals surface area contributed by atoms with Crippen molar-refractivity contribution in [2.24, 2.45) is 0 Å². The first-order valence-electron chi connectivity index (χ1n) is 4.94. The van der Waals surface area contributed by atoms with Crippen LogP contribution < -0.4 is 5.69 Å². The Bertz CT molecular complexity index is 484. The number of carboxylic acid groups (broad SMARTS) is 1. The SMILES string of the molecule is O=C(O)CSc1n[nH]c(=O)n1CCOCC(F)(F)F. The summed E-state index contributed by atoms with van der Waals surface area (Å²) in [4.78, 5) is 21.6. The van der Waals surface area contributed by atoms with Gasteiger partial charge in [-0.2, -0.15) is 13.2 Å². The Hall–Kier alpha value is -1.49. The van der Waals surface area contributed by atoms with Gasteiger partial charge in [0, 0.05) is 0 Å². The van der Waals surface area contributed by atoms with Gasteiger partial charge in [0.25, 0.3) is 0 Å². The van der Waals surface area contributed by atoms with Crippen molar-refractivity contribution in [2.75, 3.05) is 19.0 Å². The van der Waals surface area contributed by atoms with E-state index < -0.39 is 24.4 Å². The molecule has 1 aromatic rings. The predicted molar refractivity (Wildman–Crippen MR) is 58.1 cm³/mol. The van der Waals surface area contributed by atoms with E-state index in [-0.39, 0.29) is 24.1 Å². The van der Waals surface area contributed by atoms with E-state index >= 15 is 0 Å². The molecule has 0 spiro atoms. The molecule has 0 amide bonds. The first-order valence-corrected chi connectivity index (χ1v) is 5.92. The lowest BCUT2D eigenvalue weighted by molar-refractivity contribution is -0.174. The minimum absolute atomic E-state index is 0.0861. The molecule has 0 aliphatic carbocycles. The molecule has 2 N–H and O–H groups in total. The molecule has 1 rings (SSSR count). The fourth-order valence-corrected chi connectivity index (χ4v) is 1.77. The molecule has 0 radical (unpaired) electrons. The average Bonchev–Trinajstić information content (AvgIpc) is 2.62. The number of aromatic nitrogens is 3. The zero-order valence-electron chi connectivity index (χ0n) is 9.44. The van der Waals surface area contributed by atoms with Gasteiger partial charge in [0.1, 0.15) is 6.61 Å². The zero-order valence-corrected chi connectivity index (χ0v) is 10.3. The largest absolute Gasteiger partial charge is 0.481 e. The van der Waals surface area contributed by atoms with E-state index in [1.54, 1.807) is 0 Å². The second-order valence-corrected chi connectivity index (χ2v) is 4.26. The topological polar surface area (TPSA) is 97.2 Å². The lowest BCUT2D eigenvalue weighted by atomic mass is 10.6. The molecule has 19 heavy (non-hydrogen) atoms. The highest BCUT2D eigenvalue weighted by Crippen LogP contribution is 2.15. The standard InChI is InChI=1S/C8H10F3N3O4S/c9-8(10,11)4-18-2-1-14-6(17)12-13-7(14)19-3-5(15)16/h1-4H2,(H,12,17)(H,15,16). The second-order valence-electron chi connectivity index (χ2n) is 3.31. The minimum atomic E-state index is -4.43. The molecule has 0 aliphatic heterocycles. The summed E-state index contributed by atoms with van der Waals surface area (Å²) in [6.07, 6.45) is -4.43. The molecule has 1 heterocycles. The molecule has 0 saturated heterocycles. The molecular formula is C8H10F3N3O4S. The van der Waals surface area contributed by atoms with Crippen LogP contribution in [0.3, 0.4) is 0 Å². The normalized spacial score (nSPS) is 11.7. The maximum absolute atomic E-state index is 11.8. The molecule has 7 nitrogen and oxygen atoms in total. The number of aliphatic carboxylic acids is 1. The Kier molecular flexibility index (Phi) is 5.42. The van der Waals surface area contributed by atoms with Gasteiger partial charge in [-0.25, -0.2) is 9.89 Å². The van der Waals surface area contributed by atoms with Crippen LogP contribution in [0.1, 0.15) is 0 Å². The van der Waals surface area contributed by atoms with E-state index in [0.717, 1.165) is 16.3 Å². The van der Waals surface area contributed by atoms with E-state index in [9.17, 15) is 22.8 Å². The van der Waals surface area contributed by atoms with Crippen molar-refractivity contribution in [2.45, 2.75) is 17.9 Å². The summed E-state index contributed by atoms with van der Waals surface area (Å²) in [5.74, 6) is -1.41. The monoisotopic (exact) mass is 301 g/mol. The van der Waals surface area contributed by atoms with Crippen LogP contribution in [0.25, 0.3) is 0 Å². The fourth-order valence-electron chi connectivity index (χ4n) is 1.08. The van der Waals surface area contributed by atoms with Crippen molar-refractivity contribution in [3.05, 3.63) is 10.5 Å². The van der Waals surface area contributed by atoms with Gasteiger partial charge in [-0.15, -0.1) is 5.10 Å². The first kappa shape index (κ1) is 15.6. The first-order chi connectivity index (χ1) is 8.79. The number of H-pyrrole nitrogens is 1. The van der Waals surface area contributed by atoms with E-state index in [1.165, 1.54) is 0 Å². The molecular weight excluding hydrogens is 291 g/mol. The highest BCUT2D eigenvalue weighted by Gasteiger charge is 2.27. The molecule has 11 heteroatoms.